The van der Waals surface area contributed by atoms with Crippen molar-refractivity contribution < 1.29 is 37.8 Å². The van der Waals surface area contributed by atoms with Gasteiger partial charge in [-0.1, -0.05) is 24.3 Å². The molecule has 2 heterocycles. The summed E-state index contributed by atoms with van der Waals surface area (Å²) in [6.07, 6.45) is -1.29. The van der Waals surface area contributed by atoms with E-state index in [1.165, 1.54) is 0 Å². The van der Waals surface area contributed by atoms with Gasteiger partial charge in [-0.2, -0.15) is 0 Å². The molecule has 3 aliphatic rings. The van der Waals surface area contributed by atoms with E-state index in [9.17, 15) is 23.6 Å². The first-order chi connectivity index (χ1) is 12.0. The maximum atomic E-state index is 13.0. The number of cyclic esters (lactones) is 4. The number of carbonyl (C=O) groups excluding carboxylic acids is 4. The molecule has 0 saturated carbocycles. The molecule has 130 valence electrons. The van der Waals surface area contributed by atoms with E-state index in [1.54, 1.807) is 24.3 Å². The number of hydrogen-bond donors (Lipinski definition) is 0. The lowest BCUT2D eigenvalue weighted by atomic mass is 9.65. The first kappa shape index (κ1) is 15.9. The van der Waals surface area contributed by atoms with E-state index < -0.39 is 60.5 Å². The topological polar surface area (TPSA) is 96.0 Å². The van der Waals surface area contributed by atoms with Crippen molar-refractivity contribution in [3.8, 4) is 0 Å². The number of halogens is 1. The fourth-order valence-corrected chi connectivity index (χ4v) is 4.15. The lowest BCUT2D eigenvalue weighted by molar-refractivity contribution is -0.158. The number of fused-ring (bicyclic) bond motifs is 3. The Hall–Kier alpha value is -2.61. The Morgan fingerprint density at radius 2 is 1.68 bits per heavy atom. The minimum atomic E-state index is -1.20. The summed E-state index contributed by atoms with van der Waals surface area (Å²) in [5.74, 6) is -6.63. The Morgan fingerprint density at radius 1 is 0.960 bits per heavy atom. The first-order valence-corrected chi connectivity index (χ1v) is 7.79. The smallest absolute Gasteiger partial charge is 0.322 e. The predicted molar refractivity (Wildman–Crippen MR) is 76.6 cm³/mol. The lowest BCUT2D eigenvalue weighted by Crippen LogP contribution is -2.44. The zero-order valence-corrected chi connectivity index (χ0v) is 12.8. The van der Waals surface area contributed by atoms with Gasteiger partial charge < -0.3 is 14.2 Å². The standard InChI is InChI=1S/C17H13FO7/c18-6-23-14-11(9-5-10(19)24-15(9)20)7-3-1-2-4-8(7)12-13(14)17(22)25-16(12)21/h1-4,9,11-14H,5-6H2. The van der Waals surface area contributed by atoms with E-state index in [1.807, 2.05) is 0 Å². The molecule has 2 aliphatic heterocycles. The van der Waals surface area contributed by atoms with Crippen molar-refractivity contribution in [1.29, 1.82) is 0 Å². The van der Waals surface area contributed by atoms with Crippen LogP contribution in [0.25, 0.3) is 0 Å². The van der Waals surface area contributed by atoms with Gasteiger partial charge >= 0.3 is 23.9 Å². The second-order valence-electron chi connectivity index (χ2n) is 6.24. The summed E-state index contributed by atoms with van der Waals surface area (Å²) in [7, 11) is 0. The van der Waals surface area contributed by atoms with Crippen LogP contribution in [0.15, 0.2) is 24.3 Å². The third kappa shape index (κ3) is 2.28. The molecule has 8 heteroatoms. The van der Waals surface area contributed by atoms with Gasteiger partial charge in [-0.05, 0) is 11.1 Å². The summed E-state index contributed by atoms with van der Waals surface area (Å²) in [4.78, 5) is 48.0. The van der Waals surface area contributed by atoms with Crippen LogP contribution in [0.2, 0.25) is 0 Å². The van der Waals surface area contributed by atoms with Crippen LogP contribution in [0.3, 0.4) is 0 Å². The van der Waals surface area contributed by atoms with Crippen molar-refractivity contribution in [3.05, 3.63) is 35.4 Å². The van der Waals surface area contributed by atoms with Crippen molar-refractivity contribution in [2.24, 2.45) is 11.8 Å². The predicted octanol–water partition coefficient (Wildman–Crippen LogP) is 0.969. The normalized spacial score (nSPS) is 33.7. The highest BCUT2D eigenvalue weighted by molar-refractivity contribution is 6.01. The summed E-state index contributed by atoms with van der Waals surface area (Å²) < 4.78 is 27.5. The number of benzene rings is 1. The fourth-order valence-electron chi connectivity index (χ4n) is 4.15. The molecule has 1 aliphatic carbocycles. The Morgan fingerprint density at radius 3 is 2.32 bits per heavy atom. The van der Waals surface area contributed by atoms with Crippen LogP contribution < -0.4 is 0 Å². The Labute approximate surface area is 141 Å². The SMILES string of the molecule is O=C1CC(C2c3ccccc3C3C(=O)OC(=O)C3C2OCF)C(=O)O1. The van der Waals surface area contributed by atoms with E-state index in [0.29, 0.717) is 11.1 Å². The number of alkyl halides is 1. The van der Waals surface area contributed by atoms with Crippen molar-refractivity contribution in [3.63, 3.8) is 0 Å². The highest BCUT2D eigenvalue weighted by Crippen LogP contribution is 2.52. The molecule has 2 fully saturated rings. The fraction of sp³-hybridized carbons (Fsp3) is 0.412. The van der Waals surface area contributed by atoms with E-state index in [-0.39, 0.29) is 6.42 Å². The molecule has 1 aromatic rings. The number of esters is 4. The third-order valence-corrected chi connectivity index (χ3v) is 5.08. The molecule has 0 amide bonds. The minimum Gasteiger partial charge on any atom is -0.393 e. The molecule has 0 spiro atoms. The molecule has 7 nitrogen and oxygen atoms in total. The van der Waals surface area contributed by atoms with Crippen molar-refractivity contribution >= 4 is 23.9 Å². The zero-order valence-electron chi connectivity index (χ0n) is 12.8. The summed E-state index contributed by atoms with van der Waals surface area (Å²) in [6, 6.07) is 6.73. The largest absolute Gasteiger partial charge is 0.393 e. The zero-order chi connectivity index (χ0) is 17.7. The second-order valence-corrected chi connectivity index (χ2v) is 6.24. The van der Waals surface area contributed by atoms with Gasteiger partial charge in [-0.3, -0.25) is 19.2 Å². The van der Waals surface area contributed by atoms with Gasteiger partial charge in [-0.25, -0.2) is 4.39 Å². The molecule has 1 aromatic carbocycles. The highest BCUT2D eigenvalue weighted by Gasteiger charge is 2.59. The van der Waals surface area contributed by atoms with Crippen LogP contribution >= 0.6 is 0 Å². The van der Waals surface area contributed by atoms with Crippen molar-refractivity contribution in [2.45, 2.75) is 24.4 Å². The lowest BCUT2D eigenvalue weighted by Gasteiger charge is -2.39. The Bertz CT molecular complexity index is 789. The number of rotatable bonds is 3. The number of carbonyl (C=O) groups is 4. The van der Waals surface area contributed by atoms with Gasteiger partial charge in [0, 0.05) is 5.92 Å². The van der Waals surface area contributed by atoms with Crippen LogP contribution in [0.1, 0.15) is 29.4 Å². The van der Waals surface area contributed by atoms with Gasteiger partial charge in [0.15, 0.2) is 6.86 Å². The quantitative estimate of drug-likeness (QED) is 0.593. The molecule has 0 bridgehead atoms. The molecular weight excluding hydrogens is 335 g/mol. The van der Waals surface area contributed by atoms with Gasteiger partial charge in [0.1, 0.15) is 5.92 Å². The number of hydrogen-bond acceptors (Lipinski definition) is 7. The molecule has 5 unspecified atom stereocenters. The maximum absolute atomic E-state index is 13.0. The Kier molecular flexibility index (Phi) is 3.64. The van der Waals surface area contributed by atoms with Gasteiger partial charge in [-0.15, -0.1) is 0 Å². The van der Waals surface area contributed by atoms with Crippen LogP contribution in [0, 0.1) is 11.8 Å². The summed E-state index contributed by atoms with van der Waals surface area (Å²) >= 11 is 0. The summed E-state index contributed by atoms with van der Waals surface area (Å²) in [6.45, 7) is -1.20. The van der Waals surface area contributed by atoms with E-state index in [4.69, 9.17) is 9.47 Å². The van der Waals surface area contributed by atoms with Crippen LogP contribution in [0.5, 0.6) is 0 Å². The van der Waals surface area contributed by atoms with Gasteiger partial charge in [0.05, 0.1) is 24.4 Å². The average molecular weight is 348 g/mol. The van der Waals surface area contributed by atoms with E-state index >= 15 is 0 Å². The third-order valence-electron chi connectivity index (χ3n) is 5.08. The van der Waals surface area contributed by atoms with Crippen molar-refractivity contribution in [2.75, 3.05) is 6.86 Å². The van der Waals surface area contributed by atoms with E-state index in [2.05, 4.69) is 4.74 Å². The first-order valence-electron chi connectivity index (χ1n) is 7.79. The molecular formula is C17H13FO7. The molecule has 25 heavy (non-hydrogen) atoms. The molecule has 5 atom stereocenters. The maximum Gasteiger partial charge on any atom is 0.322 e. The Balaban J connectivity index is 1.88. The second kappa shape index (κ2) is 5.73. The van der Waals surface area contributed by atoms with Crippen LogP contribution in [-0.2, 0) is 33.4 Å². The summed E-state index contributed by atoms with van der Waals surface area (Å²) in [5, 5.41) is 0. The highest BCUT2D eigenvalue weighted by atomic mass is 19.1. The van der Waals surface area contributed by atoms with Crippen molar-refractivity contribution in [1.82, 2.24) is 0 Å². The molecule has 4 rings (SSSR count). The van der Waals surface area contributed by atoms with Crippen LogP contribution in [0.4, 0.5) is 4.39 Å². The molecule has 2 saturated heterocycles. The number of ether oxygens (including phenoxy) is 3. The monoisotopic (exact) mass is 348 g/mol. The minimum absolute atomic E-state index is 0.190. The molecule has 0 radical (unpaired) electrons. The van der Waals surface area contributed by atoms with Gasteiger partial charge in [0.25, 0.3) is 0 Å². The van der Waals surface area contributed by atoms with Gasteiger partial charge in [0.2, 0.25) is 0 Å². The molecule has 0 N–H and O–H groups in total. The average Bonchev–Trinajstić information content (AvgIpc) is 3.06. The summed E-state index contributed by atoms with van der Waals surface area (Å²) in [5.41, 5.74) is 1.09. The molecule has 0 aromatic heterocycles. The van der Waals surface area contributed by atoms with E-state index in [0.717, 1.165) is 0 Å². The van der Waals surface area contributed by atoms with Crippen LogP contribution in [-0.4, -0.2) is 36.8 Å².